The maximum Gasteiger partial charge on any atom is 0.262 e. The molecule has 0 aliphatic heterocycles. The monoisotopic (exact) mass is 495 g/mol. The topological polar surface area (TPSA) is 114 Å². The Kier molecular flexibility index (Phi) is 8.48. The standard InChI is InChI=1S/C26H29N3O5S/c1-18(2)25(28-24(30)16-19-10-5-4-6-11-19)26(31)27-20-12-9-13-21(17-20)35(32,33)29-22-14-7-8-15-23(22)34-3/h4-15,17-18,25,29H,16H2,1-3H3,(H,27,31)(H,28,30)/t25-/m1/s1. The van der Waals surface area contributed by atoms with Crippen LogP contribution in [0.2, 0.25) is 0 Å². The highest BCUT2D eigenvalue weighted by atomic mass is 32.2. The number of carbonyl (C=O) groups excluding carboxylic acids is 2. The number of ether oxygens (including phenoxy) is 1. The van der Waals surface area contributed by atoms with Crippen molar-refractivity contribution >= 4 is 33.2 Å². The first-order valence-electron chi connectivity index (χ1n) is 11.1. The SMILES string of the molecule is COc1ccccc1NS(=O)(=O)c1cccc(NC(=O)[C@H](NC(=O)Cc2ccccc2)C(C)C)c1. The number of nitrogens with one attached hydrogen (secondary N) is 3. The number of anilines is 2. The van der Waals surface area contributed by atoms with E-state index in [4.69, 9.17) is 4.74 Å². The molecule has 0 unspecified atom stereocenters. The number of methoxy groups -OCH3 is 1. The van der Waals surface area contributed by atoms with Crippen LogP contribution in [-0.4, -0.2) is 33.4 Å². The lowest BCUT2D eigenvalue weighted by atomic mass is 10.0. The van der Waals surface area contributed by atoms with Gasteiger partial charge in [0.15, 0.2) is 0 Å². The molecule has 2 amide bonds. The minimum absolute atomic E-state index is 0.0320. The van der Waals surface area contributed by atoms with Crippen LogP contribution in [0.4, 0.5) is 11.4 Å². The number of rotatable bonds is 10. The molecule has 35 heavy (non-hydrogen) atoms. The predicted octanol–water partition coefficient (Wildman–Crippen LogP) is 3.82. The molecule has 8 nitrogen and oxygen atoms in total. The molecule has 1 atom stereocenters. The second kappa shape index (κ2) is 11.5. The summed E-state index contributed by atoms with van der Waals surface area (Å²) in [7, 11) is -2.49. The van der Waals surface area contributed by atoms with Crippen LogP contribution in [-0.2, 0) is 26.0 Å². The first-order valence-corrected chi connectivity index (χ1v) is 12.6. The lowest BCUT2D eigenvalue weighted by molar-refractivity contribution is -0.127. The van der Waals surface area contributed by atoms with Crippen molar-refractivity contribution in [3.8, 4) is 5.75 Å². The van der Waals surface area contributed by atoms with E-state index >= 15 is 0 Å². The van der Waals surface area contributed by atoms with Crippen LogP contribution >= 0.6 is 0 Å². The molecule has 0 heterocycles. The molecular formula is C26H29N3O5S. The summed E-state index contributed by atoms with van der Waals surface area (Å²) >= 11 is 0. The summed E-state index contributed by atoms with van der Waals surface area (Å²) < 4.78 is 33.6. The Morgan fingerprint density at radius 1 is 0.914 bits per heavy atom. The molecule has 0 bridgehead atoms. The molecule has 3 rings (SSSR count). The van der Waals surface area contributed by atoms with E-state index < -0.39 is 22.0 Å². The Morgan fingerprint density at radius 2 is 1.60 bits per heavy atom. The van der Waals surface area contributed by atoms with Crippen molar-refractivity contribution in [2.75, 3.05) is 17.1 Å². The summed E-state index contributed by atoms with van der Waals surface area (Å²) in [6.07, 6.45) is 0.152. The molecule has 0 aromatic heterocycles. The number of para-hydroxylation sites is 2. The lowest BCUT2D eigenvalue weighted by Gasteiger charge is -2.22. The number of benzene rings is 3. The maximum absolute atomic E-state index is 13.0. The Balaban J connectivity index is 1.72. The fraction of sp³-hybridized carbons (Fsp3) is 0.231. The first-order chi connectivity index (χ1) is 16.7. The molecule has 3 N–H and O–H groups in total. The number of hydrogen-bond donors (Lipinski definition) is 3. The second-order valence-electron chi connectivity index (χ2n) is 8.27. The zero-order chi connectivity index (χ0) is 25.4. The molecule has 0 aliphatic carbocycles. The molecule has 0 saturated heterocycles. The Morgan fingerprint density at radius 3 is 2.29 bits per heavy atom. The molecule has 0 aliphatic rings. The fourth-order valence-electron chi connectivity index (χ4n) is 3.43. The smallest absolute Gasteiger partial charge is 0.262 e. The summed E-state index contributed by atoms with van der Waals surface area (Å²) in [5, 5.41) is 5.50. The average molecular weight is 496 g/mol. The third kappa shape index (κ3) is 7.07. The molecule has 9 heteroatoms. The van der Waals surface area contributed by atoms with Crippen LogP contribution in [0, 0.1) is 5.92 Å². The average Bonchev–Trinajstić information content (AvgIpc) is 2.83. The van der Waals surface area contributed by atoms with Gasteiger partial charge in [-0.25, -0.2) is 8.42 Å². The first kappa shape index (κ1) is 25.8. The van der Waals surface area contributed by atoms with Gasteiger partial charge in [0.05, 0.1) is 24.1 Å². The maximum atomic E-state index is 13.0. The van der Waals surface area contributed by atoms with E-state index in [1.54, 1.807) is 30.3 Å². The normalized spacial score (nSPS) is 12.0. The van der Waals surface area contributed by atoms with Gasteiger partial charge in [0.25, 0.3) is 10.0 Å². The van der Waals surface area contributed by atoms with Gasteiger partial charge in [-0.15, -0.1) is 0 Å². The lowest BCUT2D eigenvalue weighted by Crippen LogP contribution is -2.47. The molecular weight excluding hydrogens is 466 g/mol. The summed E-state index contributed by atoms with van der Waals surface area (Å²) in [5.74, 6) is -0.517. The number of amides is 2. The minimum Gasteiger partial charge on any atom is -0.495 e. The number of carbonyl (C=O) groups is 2. The molecule has 184 valence electrons. The van der Waals surface area contributed by atoms with E-state index in [1.807, 2.05) is 44.2 Å². The van der Waals surface area contributed by atoms with Gasteiger partial charge in [0.1, 0.15) is 11.8 Å². The summed E-state index contributed by atoms with van der Waals surface area (Å²) in [6.45, 7) is 3.65. The Labute approximate surface area is 205 Å². The third-order valence-corrected chi connectivity index (χ3v) is 6.60. The van der Waals surface area contributed by atoms with Crippen molar-refractivity contribution in [2.45, 2.75) is 31.2 Å². The van der Waals surface area contributed by atoms with Gasteiger partial charge in [-0.2, -0.15) is 0 Å². The van der Waals surface area contributed by atoms with Crippen molar-refractivity contribution in [1.29, 1.82) is 0 Å². The van der Waals surface area contributed by atoms with E-state index in [9.17, 15) is 18.0 Å². The van der Waals surface area contributed by atoms with Gasteiger partial charge in [0, 0.05) is 5.69 Å². The molecule has 0 fully saturated rings. The Hall–Kier alpha value is -3.85. The van der Waals surface area contributed by atoms with E-state index in [1.165, 1.54) is 25.3 Å². The molecule has 0 saturated carbocycles. The van der Waals surface area contributed by atoms with Crippen molar-refractivity contribution in [2.24, 2.45) is 5.92 Å². The zero-order valence-electron chi connectivity index (χ0n) is 19.8. The van der Waals surface area contributed by atoms with Gasteiger partial charge >= 0.3 is 0 Å². The molecule has 3 aromatic rings. The summed E-state index contributed by atoms with van der Waals surface area (Å²) in [5.41, 5.74) is 1.43. The summed E-state index contributed by atoms with van der Waals surface area (Å²) in [4.78, 5) is 25.4. The predicted molar refractivity (Wildman–Crippen MR) is 136 cm³/mol. The van der Waals surface area contributed by atoms with Gasteiger partial charge < -0.3 is 15.4 Å². The highest BCUT2D eigenvalue weighted by Gasteiger charge is 2.25. The van der Waals surface area contributed by atoms with Crippen LogP contribution in [0.5, 0.6) is 5.75 Å². The van der Waals surface area contributed by atoms with Crippen LogP contribution in [0.25, 0.3) is 0 Å². The van der Waals surface area contributed by atoms with Crippen LogP contribution in [0.3, 0.4) is 0 Å². The van der Waals surface area contributed by atoms with Crippen molar-refractivity contribution in [3.63, 3.8) is 0 Å². The van der Waals surface area contributed by atoms with Crippen LogP contribution < -0.4 is 20.1 Å². The second-order valence-corrected chi connectivity index (χ2v) is 9.96. The largest absolute Gasteiger partial charge is 0.495 e. The van der Waals surface area contributed by atoms with Gasteiger partial charge in [-0.05, 0) is 41.8 Å². The quantitative estimate of drug-likeness (QED) is 0.396. The van der Waals surface area contributed by atoms with E-state index in [0.29, 0.717) is 17.1 Å². The van der Waals surface area contributed by atoms with Gasteiger partial charge in [-0.1, -0.05) is 62.4 Å². The van der Waals surface area contributed by atoms with Crippen LogP contribution in [0.1, 0.15) is 19.4 Å². The Bertz CT molecular complexity index is 1280. The van der Waals surface area contributed by atoms with Crippen molar-refractivity contribution in [1.82, 2.24) is 5.32 Å². The fourth-order valence-corrected chi connectivity index (χ4v) is 4.55. The van der Waals surface area contributed by atoms with E-state index in [-0.39, 0.29) is 23.1 Å². The number of hydrogen-bond acceptors (Lipinski definition) is 5. The summed E-state index contributed by atoms with van der Waals surface area (Å²) in [6, 6.07) is 21.0. The highest BCUT2D eigenvalue weighted by Crippen LogP contribution is 2.27. The third-order valence-electron chi connectivity index (χ3n) is 5.24. The number of sulfonamides is 1. The van der Waals surface area contributed by atoms with Crippen LogP contribution in [0.15, 0.2) is 83.8 Å². The van der Waals surface area contributed by atoms with Gasteiger partial charge in [0.2, 0.25) is 11.8 Å². The minimum atomic E-state index is -3.95. The van der Waals surface area contributed by atoms with Crippen molar-refractivity contribution in [3.05, 3.63) is 84.4 Å². The van der Waals surface area contributed by atoms with Gasteiger partial charge in [-0.3, -0.25) is 14.3 Å². The molecule has 0 radical (unpaired) electrons. The molecule has 0 spiro atoms. The van der Waals surface area contributed by atoms with E-state index in [0.717, 1.165) is 5.56 Å². The van der Waals surface area contributed by atoms with E-state index in [2.05, 4.69) is 15.4 Å². The zero-order valence-corrected chi connectivity index (χ0v) is 20.6. The highest BCUT2D eigenvalue weighted by molar-refractivity contribution is 7.92. The molecule has 3 aromatic carbocycles. The van der Waals surface area contributed by atoms with Crippen molar-refractivity contribution < 1.29 is 22.7 Å².